The topological polar surface area (TPSA) is 70.1 Å². The first-order chi connectivity index (χ1) is 10.3. The molecule has 1 aromatic heterocycles. The van der Waals surface area contributed by atoms with E-state index in [4.69, 9.17) is 10.5 Å². The minimum atomic E-state index is -0.572. The first-order valence-corrected chi connectivity index (χ1v) is 7.44. The van der Waals surface area contributed by atoms with Gasteiger partial charge in [-0.15, -0.1) is 0 Å². The summed E-state index contributed by atoms with van der Waals surface area (Å²) < 4.78 is 7.31. The molecule has 0 aliphatic carbocycles. The van der Waals surface area contributed by atoms with Crippen molar-refractivity contribution in [3.05, 3.63) is 47.4 Å². The van der Waals surface area contributed by atoms with Crippen LogP contribution in [0.4, 0.5) is 5.82 Å². The Kier molecular flexibility index (Phi) is 4.54. The number of carbonyl (C=O) groups excluding carboxylic acids is 1. The maximum Gasteiger partial charge on any atom is 0.359 e. The number of nitrogen functional groups attached to an aromatic ring is 1. The molecule has 0 fully saturated rings. The fourth-order valence-electron chi connectivity index (χ4n) is 2.27. The molecule has 0 spiro atoms. The number of nitrogens with zero attached hydrogens (tertiary/aromatic N) is 2. The van der Waals surface area contributed by atoms with Gasteiger partial charge < -0.3 is 15.0 Å². The molecular formula is C17H23N3O2. The number of imidazole rings is 1. The zero-order valence-corrected chi connectivity index (χ0v) is 13.6. The molecular weight excluding hydrogens is 278 g/mol. The second kappa shape index (κ2) is 6.22. The maximum atomic E-state index is 12.5. The Morgan fingerprint density at radius 2 is 1.91 bits per heavy atom. The van der Waals surface area contributed by atoms with E-state index in [0.717, 1.165) is 11.4 Å². The van der Waals surface area contributed by atoms with Crippen molar-refractivity contribution in [3.8, 4) is 0 Å². The van der Waals surface area contributed by atoms with E-state index in [2.05, 4.69) is 4.98 Å². The average molecular weight is 301 g/mol. The van der Waals surface area contributed by atoms with Gasteiger partial charge in [-0.2, -0.15) is 0 Å². The van der Waals surface area contributed by atoms with E-state index in [1.54, 1.807) is 0 Å². The standard InChI is InChI=1S/C17H23N3O2/c1-5-13-19-15(18)14(16(21)22-17(2,3)4)20(13)11-12-9-7-6-8-10-12/h6-10H,5,11,18H2,1-4H3. The number of aromatic nitrogens is 2. The van der Waals surface area contributed by atoms with Crippen molar-refractivity contribution in [1.29, 1.82) is 0 Å². The lowest BCUT2D eigenvalue weighted by Gasteiger charge is -2.20. The molecule has 0 amide bonds. The maximum absolute atomic E-state index is 12.5. The molecule has 2 aromatic rings. The predicted octanol–water partition coefficient (Wildman–Crippen LogP) is 3.03. The Morgan fingerprint density at radius 1 is 1.27 bits per heavy atom. The fraction of sp³-hybridized carbons (Fsp3) is 0.412. The van der Waals surface area contributed by atoms with Gasteiger partial charge in [0.2, 0.25) is 0 Å². The SMILES string of the molecule is CCc1nc(N)c(C(=O)OC(C)(C)C)n1Cc1ccccc1. The summed E-state index contributed by atoms with van der Waals surface area (Å²) in [4.78, 5) is 16.8. The molecule has 0 radical (unpaired) electrons. The Balaban J connectivity index is 2.41. The first kappa shape index (κ1) is 16.1. The number of rotatable bonds is 4. The summed E-state index contributed by atoms with van der Waals surface area (Å²) in [6.45, 7) is 8.03. The first-order valence-electron chi connectivity index (χ1n) is 7.44. The van der Waals surface area contributed by atoms with Crippen LogP contribution in [0.25, 0.3) is 0 Å². The van der Waals surface area contributed by atoms with E-state index < -0.39 is 11.6 Å². The quantitative estimate of drug-likeness (QED) is 0.881. The van der Waals surface area contributed by atoms with E-state index in [1.165, 1.54) is 0 Å². The van der Waals surface area contributed by atoms with Crippen LogP contribution < -0.4 is 5.73 Å². The molecule has 2 rings (SSSR count). The number of anilines is 1. The van der Waals surface area contributed by atoms with Crippen LogP contribution in [-0.4, -0.2) is 21.1 Å². The van der Waals surface area contributed by atoms with Crippen LogP contribution in [-0.2, 0) is 17.7 Å². The van der Waals surface area contributed by atoms with E-state index in [1.807, 2.05) is 62.6 Å². The monoisotopic (exact) mass is 301 g/mol. The fourth-order valence-corrected chi connectivity index (χ4v) is 2.27. The van der Waals surface area contributed by atoms with Crippen molar-refractivity contribution in [1.82, 2.24) is 9.55 Å². The van der Waals surface area contributed by atoms with Gasteiger partial charge in [0.25, 0.3) is 0 Å². The van der Waals surface area contributed by atoms with E-state index in [9.17, 15) is 4.79 Å². The van der Waals surface area contributed by atoms with Crippen molar-refractivity contribution in [2.75, 3.05) is 5.73 Å². The number of benzene rings is 1. The van der Waals surface area contributed by atoms with E-state index in [0.29, 0.717) is 18.7 Å². The van der Waals surface area contributed by atoms with Gasteiger partial charge in [0.1, 0.15) is 11.4 Å². The highest BCUT2D eigenvalue weighted by molar-refractivity contribution is 5.93. The number of esters is 1. The lowest BCUT2D eigenvalue weighted by molar-refractivity contribution is 0.00592. The molecule has 22 heavy (non-hydrogen) atoms. The van der Waals surface area contributed by atoms with Crippen molar-refractivity contribution in [3.63, 3.8) is 0 Å². The van der Waals surface area contributed by atoms with Crippen LogP contribution in [0.1, 0.15) is 49.6 Å². The van der Waals surface area contributed by atoms with E-state index >= 15 is 0 Å². The molecule has 0 aliphatic heterocycles. The third-order valence-corrected chi connectivity index (χ3v) is 3.17. The Hall–Kier alpha value is -2.30. The number of carbonyl (C=O) groups is 1. The van der Waals surface area contributed by atoms with Gasteiger partial charge in [-0.1, -0.05) is 37.3 Å². The number of hydrogen-bond acceptors (Lipinski definition) is 4. The third kappa shape index (κ3) is 3.67. The summed E-state index contributed by atoms with van der Waals surface area (Å²) in [5.74, 6) is 0.567. The minimum absolute atomic E-state index is 0.224. The third-order valence-electron chi connectivity index (χ3n) is 3.17. The molecule has 0 saturated carbocycles. The predicted molar refractivity (Wildman–Crippen MR) is 86.7 cm³/mol. The van der Waals surface area contributed by atoms with Gasteiger partial charge in [-0.05, 0) is 26.3 Å². The van der Waals surface area contributed by atoms with E-state index in [-0.39, 0.29) is 5.82 Å². The molecule has 0 atom stereocenters. The summed E-state index contributed by atoms with van der Waals surface area (Å²) in [6.07, 6.45) is 0.694. The van der Waals surface area contributed by atoms with Crippen LogP contribution in [0.15, 0.2) is 30.3 Å². The second-order valence-corrected chi connectivity index (χ2v) is 6.19. The van der Waals surface area contributed by atoms with Crippen molar-refractivity contribution < 1.29 is 9.53 Å². The van der Waals surface area contributed by atoms with Crippen molar-refractivity contribution in [2.45, 2.75) is 46.3 Å². The number of aryl methyl sites for hydroxylation is 1. The zero-order valence-electron chi connectivity index (χ0n) is 13.6. The summed E-state index contributed by atoms with van der Waals surface area (Å²) in [5, 5.41) is 0. The Labute approximate surface area is 131 Å². The summed E-state index contributed by atoms with van der Waals surface area (Å²) in [7, 11) is 0. The van der Waals surface area contributed by atoms with Gasteiger partial charge in [0, 0.05) is 13.0 Å². The molecule has 5 nitrogen and oxygen atoms in total. The largest absolute Gasteiger partial charge is 0.455 e. The normalized spacial score (nSPS) is 11.5. The van der Waals surface area contributed by atoms with Gasteiger partial charge in [0.15, 0.2) is 11.5 Å². The molecule has 2 N–H and O–H groups in total. The van der Waals surface area contributed by atoms with Crippen molar-refractivity contribution >= 4 is 11.8 Å². The van der Waals surface area contributed by atoms with Crippen LogP contribution >= 0.6 is 0 Å². The molecule has 1 heterocycles. The Morgan fingerprint density at radius 3 is 2.45 bits per heavy atom. The average Bonchev–Trinajstić information content (AvgIpc) is 2.74. The van der Waals surface area contributed by atoms with Gasteiger partial charge >= 0.3 is 5.97 Å². The number of nitrogens with two attached hydrogens (primary N) is 1. The lowest BCUT2D eigenvalue weighted by atomic mass is 10.2. The number of ether oxygens (including phenoxy) is 1. The van der Waals surface area contributed by atoms with Gasteiger partial charge in [0.05, 0.1) is 0 Å². The molecule has 5 heteroatoms. The van der Waals surface area contributed by atoms with Crippen LogP contribution in [0.2, 0.25) is 0 Å². The van der Waals surface area contributed by atoms with Crippen LogP contribution in [0.5, 0.6) is 0 Å². The zero-order chi connectivity index (χ0) is 16.3. The Bertz CT molecular complexity index is 655. The van der Waals surface area contributed by atoms with Crippen LogP contribution in [0.3, 0.4) is 0 Å². The summed E-state index contributed by atoms with van der Waals surface area (Å²) in [6, 6.07) is 9.91. The van der Waals surface area contributed by atoms with Gasteiger partial charge in [-0.3, -0.25) is 0 Å². The number of hydrogen-bond donors (Lipinski definition) is 1. The molecule has 0 bridgehead atoms. The van der Waals surface area contributed by atoms with Crippen molar-refractivity contribution in [2.24, 2.45) is 0 Å². The summed E-state index contributed by atoms with van der Waals surface area (Å²) in [5.41, 5.74) is 6.80. The smallest absolute Gasteiger partial charge is 0.359 e. The molecule has 0 unspecified atom stereocenters. The van der Waals surface area contributed by atoms with Crippen LogP contribution in [0, 0.1) is 0 Å². The summed E-state index contributed by atoms with van der Waals surface area (Å²) >= 11 is 0. The van der Waals surface area contributed by atoms with Gasteiger partial charge in [-0.25, -0.2) is 9.78 Å². The highest BCUT2D eigenvalue weighted by Crippen LogP contribution is 2.21. The minimum Gasteiger partial charge on any atom is -0.455 e. The highest BCUT2D eigenvalue weighted by atomic mass is 16.6. The second-order valence-electron chi connectivity index (χ2n) is 6.19. The molecule has 1 aromatic carbocycles. The molecule has 118 valence electrons. The molecule has 0 saturated heterocycles. The highest BCUT2D eigenvalue weighted by Gasteiger charge is 2.26. The lowest BCUT2D eigenvalue weighted by Crippen LogP contribution is -2.26. The molecule has 0 aliphatic rings.